The average molecular weight is 189 g/mol. The normalized spacial score (nSPS) is 22.7. The molecule has 2 nitrogen and oxygen atoms in total. The Morgan fingerprint density at radius 3 is 3.00 bits per heavy atom. The van der Waals surface area contributed by atoms with Gasteiger partial charge in [0.25, 0.3) is 0 Å². The molecule has 0 aliphatic heterocycles. The van der Waals surface area contributed by atoms with Crippen LogP contribution in [0.4, 0.5) is 0 Å². The van der Waals surface area contributed by atoms with Gasteiger partial charge in [-0.05, 0) is 16.7 Å². The van der Waals surface area contributed by atoms with Crippen LogP contribution in [0.25, 0.3) is 5.57 Å². The Balaban J connectivity index is 2.43. The second-order valence-electron chi connectivity index (χ2n) is 3.48. The Morgan fingerprint density at radius 1 is 1.50 bits per heavy atom. The Morgan fingerprint density at radius 2 is 2.29 bits per heavy atom. The maximum atomic E-state index is 5.54. The molecule has 0 spiro atoms. The summed E-state index contributed by atoms with van der Waals surface area (Å²) in [6, 6.07) is 8.37. The number of ether oxygens (including phenoxy) is 1. The van der Waals surface area contributed by atoms with E-state index in [9.17, 15) is 0 Å². The number of benzene rings is 1. The zero-order valence-electron chi connectivity index (χ0n) is 8.36. The summed E-state index contributed by atoms with van der Waals surface area (Å²) in [5.41, 5.74) is 9.43. The van der Waals surface area contributed by atoms with Crippen molar-refractivity contribution in [1.29, 1.82) is 0 Å². The summed E-state index contributed by atoms with van der Waals surface area (Å²) in [6.45, 7) is 0.597. The first-order valence-corrected chi connectivity index (χ1v) is 4.88. The lowest BCUT2D eigenvalue weighted by molar-refractivity contribution is 0.112. The third-order valence-electron chi connectivity index (χ3n) is 2.71. The summed E-state index contributed by atoms with van der Waals surface area (Å²) < 4.78 is 5.43. The van der Waals surface area contributed by atoms with Gasteiger partial charge in [0.2, 0.25) is 0 Å². The zero-order chi connectivity index (χ0) is 9.97. The highest BCUT2D eigenvalue weighted by atomic mass is 16.5. The van der Waals surface area contributed by atoms with Crippen LogP contribution in [0.2, 0.25) is 0 Å². The molecule has 0 amide bonds. The average Bonchev–Trinajstić information content (AvgIpc) is 2.58. The van der Waals surface area contributed by atoms with E-state index in [1.807, 2.05) is 0 Å². The van der Waals surface area contributed by atoms with Crippen LogP contribution in [0.1, 0.15) is 23.7 Å². The molecular formula is C12H15NO. The lowest BCUT2D eigenvalue weighted by atomic mass is 10.1. The van der Waals surface area contributed by atoms with Gasteiger partial charge in [0, 0.05) is 20.1 Å². The molecule has 1 aliphatic rings. The molecule has 2 rings (SSSR count). The molecule has 0 saturated heterocycles. The van der Waals surface area contributed by atoms with Gasteiger partial charge in [-0.25, -0.2) is 0 Å². The van der Waals surface area contributed by atoms with Crippen molar-refractivity contribution in [2.24, 2.45) is 5.73 Å². The molecule has 1 aromatic rings. The molecule has 1 aliphatic carbocycles. The van der Waals surface area contributed by atoms with Gasteiger partial charge in [0.15, 0.2) is 0 Å². The van der Waals surface area contributed by atoms with Crippen molar-refractivity contribution in [2.45, 2.75) is 12.5 Å². The second-order valence-corrected chi connectivity index (χ2v) is 3.48. The number of hydrogen-bond donors (Lipinski definition) is 1. The smallest absolute Gasteiger partial charge is 0.0867 e. The molecule has 2 N–H and O–H groups in total. The summed E-state index contributed by atoms with van der Waals surface area (Å²) in [4.78, 5) is 0. The SMILES string of the molecule is COC1C/C(=C\CN)c2ccccc21. The van der Waals surface area contributed by atoms with E-state index in [4.69, 9.17) is 10.5 Å². The molecule has 14 heavy (non-hydrogen) atoms. The van der Waals surface area contributed by atoms with Gasteiger partial charge in [-0.2, -0.15) is 0 Å². The summed E-state index contributed by atoms with van der Waals surface area (Å²) >= 11 is 0. The van der Waals surface area contributed by atoms with E-state index in [1.54, 1.807) is 7.11 Å². The second kappa shape index (κ2) is 3.95. The van der Waals surface area contributed by atoms with E-state index in [-0.39, 0.29) is 6.10 Å². The Labute approximate surface area is 84.4 Å². The Bertz CT molecular complexity index is 357. The summed E-state index contributed by atoms with van der Waals surface area (Å²) in [5.74, 6) is 0. The van der Waals surface area contributed by atoms with Crippen LogP contribution in [-0.2, 0) is 4.74 Å². The first kappa shape index (κ1) is 9.44. The first-order chi connectivity index (χ1) is 6.86. The largest absolute Gasteiger partial charge is 0.376 e. The van der Waals surface area contributed by atoms with Crippen LogP contribution < -0.4 is 5.73 Å². The molecule has 1 unspecified atom stereocenters. The predicted octanol–water partition coefficient (Wildman–Crippen LogP) is 2.12. The van der Waals surface area contributed by atoms with Gasteiger partial charge >= 0.3 is 0 Å². The van der Waals surface area contributed by atoms with Gasteiger partial charge in [0.05, 0.1) is 6.10 Å². The lowest BCUT2D eigenvalue weighted by Crippen LogP contribution is -1.95. The van der Waals surface area contributed by atoms with Crippen LogP contribution in [0.3, 0.4) is 0 Å². The monoisotopic (exact) mass is 189 g/mol. The van der Waals surface area contributed by atoms with Crippen molar-refractivity contribution < 1.29 is 4.74 Å². The highest BCUT2D eigenvalue weighted by Crippen LogP contribution is 2.40. The number of rotatable bonds is 2. The third kappa shape index (κ3) is 1.47. The maximum Gasteiger partial charge on any atom is 0.0867 e. The summed E-state index contributed by atoms with van der Waals surface area (Å²) in [7, 11) is 1.76. The van der Waals surface area contributed by atoms with E-state index in [0.29, 0.717) is 6.54 Å². The Kier molecular flexibility index (Phi) is 2.66. The standard InChI is InChI=1S/C12H15NO/c1-14-12-8-9(6-7-13)10-4-2-3-5-11(10)12/h2-6,12H,7-8,13H2,1H3/b9-6+. The van der Waals surface area contributed by atoms with Gasteiger partial charge in [-0.3, -0.25) is 0 Å². The minimum atomic E-state index is 0.212. The van der Waals surface area contributed by atoms with Gasteiger partial charge in [-0.15, -0.1) is 0 Å². The summed E-state index contributed by atoms with van der Waals surface area (Å²) in [6.07, 6.45) is 3.24. The van der Waals surface area contributed by atoms with Crippen LogP contribution in [0.5, 0.6) is 0 Å². The molecule has 0 aromatic heterocycles. The van der Waals surface area contributed by atoms with Crippen LogP contribution >= 0.6 is 0 Å². The molecule has 0 bridgehead atoms. The minimum absolute atomic E-state index is 0.212. The number of methoxy groups -OCH3 is 1. The molecule has 2 heteroatoms. The van der Waals surface area contributed by atoms with Gasteiger partial charge in [0.1, 0.15) is 0 Å². The van der Waals surface area contributed by atoms with Crippen LogP contribution in [0.15, 0.2) is 30.3 Å². The third-order valence-corrected chi connectivity index (χ3v) is 2.71. The highest BCUT2D eigenvalue weighted by Gasteiger charge is 2.24. The first-order valence-electron chi connectivity index (χ1n) is 4.88. The molecule has 0 fully saturated rings. The fourth-order valence-electron chi connectivity index (χ4n) is 2.04. The fourth-order valence-corrected chi connectivity index (χ4v) is 2.04. The van der Waals surface area contributed by atoms with Gasteiger partial charge < -0.3 is 10.5 Å². The molecule has 1 atom stereocenters. The number of hydrogen-bond acceptors (Lipinski definition) is 2. The molecule has 0 radical (unpaired) electrons. The molecule has 0 heterocycles. The van der Waals surface area contributed by atoms with Crippen LogP contribution in [-0.4, -0.2) is 13.7 Å². The molecule has 1 aromatic carbocycles. The van der Waals surface area contributed by atoms with Crippen molar-refractivity contribution in [3.8, 4) is 0 Å². The highest BCUT2D eigenvalue weighted by molar-refractivity contribution is 5.73. The van der Waals surface area contributed by atoms with Crippen molar-refractivity contribution in [1.82, 2.24) is 0 Å². The van der Waals surface area contributed by atoms with Gasteiger partial charge in [-0.1, -0.05) is 30.3 Å². The maximum absolute atomic E-state index is 5.54. The zero-order valence-corrected chi connectivity index (χ0v) is 8.36. The van der Waals surface area contributed by atoms with E-state index in [0.717, 1.165) is 6.42 Å². The van der Waals surface area contributed by atoms with Crippen molar-refractivity contribution >= 4 is 5.57 Å². The molecule has 74 valence electrons. The quantitative estimate of drug-likeness (QED) is 0.773. The predicted molar refractivity (Wildman–Crippen MR) is 57.8 cm³/mol. The van der Waals surface area contributed by atoms with E-state index in [1.165, 1.54) is 16.7 Å². The topological polar surface area (TPSA) is 35.2 Å². The van der Waals surface area contributed by atoms with Crippen LogP contribution in [0, 0.1) is 0 Å². The Hall–Kier alpha value is -1.12. The lowest BCUT2D eigenvalue weighted by Gasteiger charge is -2.07. The molecule has 0 saturated carbocycles. The summed E-state index contributed by atoms with van der Waals surface area (Å²) in [5, 5.41) is 0. The van der Waals surface area contributed by atoms with Crippen molar-refractivity contribution in [3.05, 3.63) is 41.5 Å². The van der Waals surface area contributed by atoms with E-state index >= 15 is 0 Å². The fraction of sp³-hybridized carbons (Fsp3) is 0.333. The van der Waals surface area contributed by atoms with E-state index in [2.05, 4.69) is 30.3 Å². The van der Waals surface area contributed by atoms with E-state index < -0.39 is 0 Å². The van der Waals surface area contributed by atoms with Crippen molar-refractivity contribution in [3.63, 3.8) is 0 Å². The number of fused-ring (bicyclic) bond motifs is 1. The van der Waals surface area contributed by atoms with Crippen molar-refractivity contribution in [2.75, 3.05) is 13.7 Å². The molecular weight excluding hydrogens is 174 g/mol. The minimum Gasteiger partial charge on any atom is -0.376 e. The number of nitrogens with two attached hydrogens (primary N) is 1.